The van der Waals surface area contributed by atoms with Crippen LogP contribution in [0.1, 0.15) is 81.1 Å². The minimum atomic E-state index is 0.142. The van der Waals surface area contributed by atoms with E-state index in [1.54, 1.807) is 0 Å². The van der Waals surface area contributed by atoms with E-state index >= 15 is 0 Å². The van der Waals surface area contributed by atoms with Gasteiger partial charge in [-0.1, -0.05) is 45.2 Å². The van der Waals surface area contributed by atoms with Gasteiger partial charge in [-0.05, 0) is 69.3 Å². The summed E-state index contributed by atoms with van der Waals surface area (Å²) < 4.78 is 0. The molecule has 2 N–H and O–H groups in total. The summed E-state index contributed by atoms with van der Waals surface area (Å²) in [6.07, 6.45) is 9.87. The van der Waals surface area contributed by atoms with Crippen molar-refractivity contribution >= 4 is 5.91 Å². The Balaban J connectivity index is 2.33. The van der Waals surface area contributed by atoms with Gasteiger partial charge < -0.3 is 15.3 Å². The third-order valence-corrected chi connectivity index (χ3v) is 4.84. The first-order chi connectivity index (χ1) is 13.2. The minimum Gasteiger partial charge on any atom is -0.396 e. The van der Waals surface area contributed by atoms with Gasteiger partial charge in [0.1, 0.15) is 0 Å². The highest BCUT2D eigenvalue weighted by Gasteiger charge is 2.14. The van der Waals surface area contributed by atoms with Crippen LogP contribution in [-0.4, -0.2) is 48.7 Å². The number of rotatable bonds is 16. The van der Waals surface area contributed by atoms with Crippen LogP contribution in [0.25, 0.3) is 0 Å². The Labute approximate surface area is 166 Å². The Kier molecular flexibility index (Phi) is 13.7. The fraction of sp³-hybridized carbons (Fsp3) is 0.696. The average molecular weight is 377 g/mol. The lowest BCUT2D eigenvalue weighted by molar-refractivity contribution is 0.0752. The third-order valence-electron chi connectivity index (χ3n) is 4.84. The number of benzene rings is 1. The molecule has 154 valence electrons. The molecule has 0 bridgehead atoms. The first-order valence-electron chi connectivity index (χ1n) is 10.9. The second-order valence-electron chi connectivity index (χ2n) is 7.33. The number of aliphatic hydroxyl groups excluding tert-OH is 1. The summed E-state index contributed by atoms with van der Waals surface area (Å²) in [5, 5.41) is 12.4. The summed E-state index contributed by atoms with van der Waals surface area (Å²) >= 11 is 0. The molecular weight excluding hydrogens is 336 g/mol. The van der Waals surface area contributed by atoms with Gasteiger partial charge >= 0.3 is 0 Å². The molecule has 0 aliphatic carbocycles. The van der Waals surface area contributed by atoms with Gasteiger partial charge in [-0.25, -0.2) is 0 Å². The zero-order valence-electron chi connectivity index (χ0n) is 17.5. The predicted molar refractivity (Wildman–Crippen MR) is 114 cm³/mol. The average Bonchev–Trinajstić information content (AvgIpc) is 2.70. The Morgan fingerprint density at radius 2 is 1.59 bits per heavy atom. The van der Waals surface area contributed by atoms with E-state index < -0.39 is 0 Å². The summed E-state index contributed by atoms with van der Waals surface area (Å²) in [5.74, 6) is 0.142. The Morgan fingerprint density at radius 3 is 2.22 bits per heavy atom. The number of unbranched alkanes of at least 4 members (excludes halogenated alkanes) is 4. The van der Waals surface area contributed by atoms with E-state index in [-0.39, 0.29) is 12.5 Å². The van der Waals surface area contributed by atoms with Crippen LogP contribution in [0.2, 0.25) is 0 Å². The summed E-state index contributed by atoms with van der Waals surface area (Å²) in [6, 6.07) is 7.88. The van der Waals surface area contributed by atoms with Crippen molar-refractivity contribution in [3.63, 3.8) is 0 Å². The van der Waals surface area contributed by atoms with Crippen LogP contribution < -0.4 is 5.32 Å². The number of hydrogen-bond donors (Lipinski definition) is 2. The summed E-state index contributed by atoms with van der Waals surface area (Å²) in [5.41, 5.74) is 1.95. The van der Waals surface area contributed by atoms with Gasteiger partial charge in [-0.3, -0.25) is 4.79 Å². The molecule has 4 nitrogen and oxygen atoms in total. The van der Waals surface area contributed by atoms with Gasteiger partial charge in [0.05, 0.1) is 0 Å². The van der Waals surface area contributed by atoms with Gasteiger partial charge in [-0.15, -0.1) is 0 Å². The maximum absolute atomic E-state index is 12.8. The number of nitrogens with zero attached hydrogens (tertiary/aromatic N) is 1. The van der Waals surface area contributed by atoms with E-state index in [0.29, 0.717) is 0 Å². The van der Waals surface area contributed by atoms with E-state index in [9.17, 15) is 4.79 Å². The van der Waals surface area contributed by atoms with Crippen molar-refractivity contribution in [2.75, 3.05) is 32.8 Å². The van der Waals surface area contributed by atoms with Gasteiger partial charge in [0.2, 0.25) is 0 Å². The SMILES string of the molecule is CCCCCNCCCCCN(CCC)C(=O)c1ccc(CCCO)cc1. The van der Waals surface area contributed by atoms with E-state index in [2.05, 4.69) is 19.2 Å². The van der Waals surface area contributed by atoms with Crippen molar-refractivity contribution in [2.24, 2.45) is 0 Å². The molecule has 0 saturated carbocycles. The molecule has 1 amide bonds. The van der Waals surface area contributed by atoms with Crippen molar-refractivity contribution in [3.8, 4) is 0 Å². The molecule has 0 fully saturated rings. The smallest absolute Gasteiger partial charge is 0.253 e. The summed E-state index contributed by atoms with van der Waals surface area (Å²) in [6.45, 7) is 8.44. The highest BCUT2D eigenvalue weighted by molar-refractivity contribution is 5.94. The van der Waals surface area contributed by atoms with Crippen molar-refractivity contribution in [1.82, 2.24) is 10.2 Å². The number of carbonyl (C=O) groups excluding carboxylic acids is 1. The minimum absolute atomic E-state index is 0.142. The zero-order chi connectivity index (χ0) is 19.7. The molecule has 4 heteroatoms. The normalized spacial score (nSPS) is 10.9. The van der Waals surface area contributed by atoms with Crippen LogP contribution in [0.3, 0.4) is 0 Å². The van der Waals surface area contributed by atoms with E-state index in [1.807, 2.05) is 29.2 Å². The lowest BCUT2D eigenvalue weighted by Crippen LogP contribution is -2.32. The molecule has 0 aromatic heterocycles. The van der Waals surface area contributed by atoms with E-state index in [0.717, 1.165) is 63.8 Å². The molecule has 0 heterocycles. The number of carbonyl (C=O) groups is 1. The number of hydrogen-bond acceptors (Lipinski definition) is 3. The molecule has 1 rings (SSSR count). The van der Waals surface area contributed by atoms with Crippen LogP contribution >= 0.6 is 0 Å². The molecular formula is C23H40N2O2. The number of nitrogens with one attached hydrogen (secondary N) is 1. The lowest BCUT2D eigenvalue weighted by Gasteiger charge is -2.22. The number of aryl methyl sites for hydroxylation is 1. The maximum atomic E-state index is 12.8. The fourth-order valence-electron chi connectivity index (χ4n) is 3.22. The lowest BCUT2D eigenvalue weighted by atomic mass is 10.1. The standard InChI is InChI=1S/C23H40N2O2/c1-3-5-7-16-24-17-8-6-9-19-25(18-4-2)23(27)22-14-12-21(13-15-22)11-10-20-26/h12-15,24,26H,3-11,16-20H2,1-2H3. The molecule has 0 unspecified atom stereocenters. The van der Waals surface area contributed by atoms with Crippen LogP contribution in [0.4, 0.5) is 0 Å². The second kappa shape index (κ2) is 15.6. The van der Waals surface area contributed by atoms with Gasteiger partial charge in [-0.2, -0.15) is 0 Å². The highest BCUT2D eigenvalue weighted by atomic mass is 16.2. The predicted octanol–water partition coefficient (Wildman–Crippen LogP) is 4.41. The molecule has 0 atom stereocenters. The van der Waals surface area contributed by atoms with Crippen molar-refractivity contribution in [3.05, 3.63) is 35.4 Å². The first-order valence-corrected chi connectivity index (χ1v) is 10.9. The van der Waals surface area contributed by atoms with Crippen molar-refractivity contribution < 1.29 is 9.90 Å². The monoisotopic (exact) mass is 376 g/mol. The maximum Gasteiger partial charge on any atom is 0.253 e. The molecule has 1 aromatic rings. The third kappa shape index (κ3) is 10.5. The van der Waals surface area contributed by atoms with Crippen LogP contribution in [0.15, 0.2) is 24.3 Å². The summed E-state index contributed by atoms with van der Waals surface area (Å²) in [7, 11) is 0. The van der Waals surface area contributed by atoms with Crippen LogP contribution in [-0.2, 0) is 6.42 Å². The molecule has 1 aromatic carbocycles. The fourth-order valence-corrected chi connectivity index (χ4v) is 3.22. The quantitative estimate of drug-likeness (QED) is 0.420. The van der Waals surface area contributed by atoms with Crippen molar-refractivity contribution in [1.29, 1.82) is 0 Å². The van der Waals surface area contributed by atoms with E-state index in [1.165, 1.54) is 31.2 Å². The molecule has 0 radical (unpaired) electrons. The van der Waals surface area contributed by atoms with Crippen molar-refractivity contribution in [2.45, 2.75) is 71.6 Å². The van der Waals surface area contributed by atoms with E-state index in [4.69, 9.17) is 5.11 Å². The zero-order valence-corrected chi connectivity index (χ0v) is 17.5. The summed E-state index contributed by atoms with van der Waals surface area (Å²) in [4.78, 5) is 14.8. The van der Waals surface area contributed by atoms with Crippen LogP contribution in [0.5, 0.6) is 0 Å². The molecule has 27 heavy (non-hydrogen) atoms. The molecule has 0 aliphatic rings. The van der Waals surface area contributed by atoms with Gasteiger partial charge in [0.15, 0.2) is 0 Å². The first kappa shape index (κ1) is 23.6. The van der Waals surface area contributed by atoms with Gasteiger partial charge in [0.25, 0.3) is 5.91 Å². The number of amides is 1. The second-order valence-corrected chi connectivity index (χ2v) is 7.33. The Morgan fingerprint density at radius 1 is 0.889 bits per heavy atom. The van der Waals surface area contributed by atoms with Crippen LogP contribution in [0, 0.1) is 0 Å². The Bertz CT molecular complexity index is 488. The highest BCUT2D eigenvalue weighted by Crippen LogP contribution is 2.11. The van der Waals surface area contributed by atoms with Gasteiger partial charge in [0, 0.05) is 25.3 Å². The largest absolute Gasteiger partial charge is 0.396 e. The molecule has 0 spiro atoms. The number of aliphatic hydroxyl groups is 1. The topological polar surface area (TPSA) is 52.6 Å². The Hall–Kier alpha value is -1.39. The molecule has 0 saturated heterocycles. The molecule has 0 aliphatic heterocycles.